The number of unbranched alkanes of at least 4 members (excludes halogenated alkanes) is 12. The maximum Gasteiger partial charge on any atom is 0.180 e. The van der Waals surface area contributed by atoms with Gasteiger partial charge in [0.05, 0.1) is 13.2 Å². The second kappa shape index (κ2) is 26.9. The molecular formula is C28H50O5. The molecule has 0 saturated heterocycles. The average molecular weight is 467 g/mol. The van der Waals surface area contributed by atoms with Crippen LogP contribution in [0, 0.1) is 0 Å². The Morgan fingerprint density at radius 3 is 1.30 bits per heavy atom. The summed E-state index contributed by atoms with van der Waals surface area (Å²) in [6.45, 7) is 5.64. The fourth-order valence-corrected chi connectivity index (χ4v) is 3.20. The van der Waals surface area contributed by atoms with Crippen molar-refractivity contribution in [1.29, 1.82) is 0 Å². The molecule has 2 atom stereocenters. The third-order valence-electron chi connectivity index (χ3n) is 5.30. The zero-order valence-electron chi connectivity index (χ0n) is 21.4. The first-order valence-corrected chi connectivity index (χ1v) is 13.4. The van der Waals surface area contributed by atoms with Gasteiger partial charge in [-0.1, -0.05) is 64.5 Å². The standard InChI is InChI=1S/C28H50O5/c1-3-5-25-31-27(21-17-13-9-7-11-15-19-23-29)33-28(32-26-6-4-2)22-18-14-10-8-12-16-20-24-30/h17-18,21-24,27-28H,3-16,19-20,25-26H2,1-2H3. The molecule has 0 aliphatic rings. The molecule has 0 aromatic heterocycles. The summed E-state index contributed by atoms with van der Waals surface area (Å²) < 4.78 is 18.1. The maximum absolute atomic E-state index is 10.4. The summed E-state index contributed by atoms with van der Waals surface area (Å²) in [5, 5.41) is 0. The van der Waals surface area contributed by atoms with Gasteiger partial charge in [-0.05, 0) is 63.5 Å². The predicted molar refractivity (Wildman–Crippen MR) is 136 cm³/mol. The van der Waals surface area contributed by atoms with E-state index in [1.54, 1.807) is 0 Å². The third kappa shape index (κ3) is 23.6. The fourth-order valence-electron chi connectivity index (χ4n) is 3.20. The second-order valence-electron chi connectivity index (χ2n) is 8.49. The number of aldehydes is 2. The molecule has 0 fully saturated rings. The lowest BCUT2D eigenvalue weighted by Crippen LogP contribution is -2.25. The van der Waals surface area contributed by atoms with Crippen molar-refractivity contribution >= 4 is 12.6 Å². The van der Waals surface area contributed by atoms with Crippen molar-refractivity contribution in [2.24, 2.45) is 0 Å². The van der Waals surface area contributed by atoms with Crippen LogP contribution in [-0.2, 0) is 23.8 Å². The first-order chi connectivity index (χ1) is 16.3. The average Bonchev–Trinajstić information content (AvgIpc) is 2.82. The van der Waals surface area contributed by atoms with E-state index < -0.39 is 12.6 Å². The minimum absolute atomic E-state index is 0.411. The maximum atomic E-state index is 10.4. The van der Waals surface area contributed by atoms with Crippen molar-refractivity contribution in [2.75, 3.05) is 13.2 Å². The molecule has 0 aliphatic carbocycles. The van der Waals surface area contributed by atoms with Gasteiger partial charge in [-0.2, -0.15) is 0 Å². The van der Waals surface area contributed by atoms with Gasteiger partial charge in [-0.15, -0.1) is 0 Å². The van der Waals surface area contributed by atoms with Crippen LogP contribution in [0.15, 0.2) is 24.3 Å². The Morgan fingerprint density at radius 1 is 0.545 bits per heavy atom. The number of allylic oxidation sites excluding steroid dienone is 2. The number of ether oxygens (including phenoxy) is 3. The van der Waals surface area contributed by atoms with E-state index in [-0.39, 0.29) is 0 Å². The van der Waals surface area contributed by atoms with Crippen LogP contribution >= 0.6 is 0 Å². The molecule has 0 heterocycles. The summed E-state index contributed by atoms with van der Waals surface area (Å²) in [6, 6.07) is 0. The van der Waals surface area contributed by atoms with Crippen LogP contribution < -0.4 is 0 Å². The number of hydrogen-bond acceptors (Lipinski definition) is 5. The molecule has 2 unspecified atom stereocenters. The van der Waals surface area contributed by atoms with Crippen LogP contribution in [0.5, 0.6) is 0 Å². The largest absolute Gasteiger partial charge is 0.349 e. The number of rotatable bonds is 26. The van der Waals surface area contributed by atoms with Gasteiger partial charge >= 0.3 is 0 Å². The van der Waals surface area contributed by atoms with Gasteiger partial charge in [0, 0.05) is 12.8 Å². The smallest absolute Gasteiger partial charge is 0.180 e. The summed E-state index contributed by atoms with van der Waals surface area (Å²) in [5.74, 6) is 0. The highest BCUT2D eigenvalue weighted by Crippen LogP contribution is 2.12. The lowest BCUT2D eigenvalue weighted by Gasteiger charge is -2.21. The molecule has 0 aromatic carbocycles. The molecule has 192 valence electrons. The lowest BCUT2D eigenvalue weighted by atomic mass is 10.1. The Kier molecular flexibility index (Phi) is 25.9. The van der Waals surface area contributed by atoms with Crippen LogP contribution in [0.3, 0.4) is 0 Å². The first kappa shape index (κ1) is 31.7. The summed E-state index contributed by atoms with van der Waals surface area (Å²) >= 11 is 0. The molecule has 5 heteroatoms. The molecule has 0 aromatic rings. The SMILES string of the molecule is CCCCOC(C=CCCCCCCC=O)OC(C=CCCCCCCC=O)OCCCC. The Balaban J connectivity index is 4.58. The van der Waals surface area contributed by atoms with Crippen LogP contribution in [0.1, 0.15) is 117 Å². The van der Waals surface area contributed by atoms with E-state index in [2.05, 4.69) is 26.0 Å². The highest BCUT2D eigenvalue weighted by molar-refractivity contribution is 5.49. The fraction of sp³-hybridized carbons (Fsp3) is 0.786. The van der Waals surface area contributed by atoms with Crippen LogP contribution in [-0.4, -0.2) is 38.4 Å². The molecule has 0 amide bonds. The monoisotopic (exact) mass is 466 g/mol. The van der Waals surface area contributed by atoms with E-state index in [0.717, 1.165) is 102 Å². The summed E-state index contributed by atoms with van der Waals surface area (Å²) in [5.41, 5.74) is 0. The molecule has 0 aliphatic heterocycles. The van der Waals surface area contributed by atoms with Gasteiger partial charge in [0.15, 0.2) is 12.6 Å². The van der Waals surface area contributed by atoms with Crippen molar-refractivity contribution in [3.63, 3.8) is 0 Å². The zero-order chi connectivity index (χ0) is 24.2. The third-order valence-corrected chi connectivity index (χ3v) is 5.30. The molecular weight excluding hydrogens is 416 g/mol. The van der Waals surface area contributed by atoms with Crippen molar-refractivity contribution in [3.05, 3.63) is 24.3 Å². The van der Waals surface area contributed by atoms with E-state index in [0.29, 0.717) is 26.1 Å². The Labute approximate surface area is 203 Å². The molecule has 5 nitrogen and oxygen atoms in total. The van der Waals surface area contributed by atoms with Gasteiger partial charge < -0.3 is 23.8 Å². The predicted octanol–water partition coefficient (Wildman–Crippen LogP) is 7.48. The summed E-state index contributed by atoms with van der Waals surface area (Å²) in [7, 11) is 0. The lowest BCUT2D eigenvalue weighted by molar-refractivity contribution is -0.208. The van der Waals surface area contributed by atoms with Crippen LogP contribution in [0.25, 0.3) is 0 Å². The summed E-state index contributed by atoms with van der Waals surface area (Å²) in [6.07, 6.45) is 25.7. The number of hydrogen-bond donors (Lipinski definition) is 0. The van der Waals surface area contributed by atoms with Crippen molar-refractivity contribution in [3.8, 4) is 0 Å². The molecule has 0 bridgehead atoms. The Morgan fingerprint density at radius 2 is 0.939 bits per heavy atom. The molecule has 33 heavy (non-hydrogen) atoms. The highest BCUT2D eigenvalue weighted by atomic mass is 16.8. The molecule has 0 radical (unpaired) electrons. The highest BCUT2D eigenvalue weighted by Gasteiger charge is 2.13. The van der Waals surface area contributed by atoms with Crippen LogP contribution in [0.4, 0.5) is 0 Å². The van der Waals surface area contributed by atoms with E-state index in [9.17, 15) is 9.59 Å². The van der Waals surface area contributed by atoms with E-state index in [4.69, 9.17) is 14.2 Å². The normalized spacial score (nSPS) is 13.6. The van der Waals surface area contributed by atoms with E-state index >= 15 is 0 Å². The Bertz CT molecular complexity index is 433. The molecule has 0 rings (SSSR count). The summed E-state index contributed by atoms with van der Waals surface area (Å²) in [4.78, 5) is 20.8. The molecule has 0 saturated carbocycles. The second-order valence-corrected chi connectivity index (χ2v) is 8.49. The van der Waals surface area contributed by atoms with Gasteiger partial charge in [-0.3, -0.25) is 0 Å². The van der Waals surface area contributed by atoms with Gasteiger partial charge in [0.1, 0.15) is 12.6 Å². The molecule has 0 N–H and O–H groups in total. The first-order valence-electron chi connectivity index (χ1n) is 13.4. The minimum atomic E-state index is -0.411. The zero-order valence-corrected chi connectivity index (χ0v) is 21.4. The van der Waals surface area contributed by atoms with E-state index in [1.807, 2.05) is 12.2 Å². The van der Waals surface area contributed by atoms with Gasteiger partial charge in [0.25, 0.3) is 0 Å². The quantitative estimate of drug-likeness (QED) is 0.0572. The van der Waals surface area contributed by atoms with Crippen molar-refractivity contribution in [2.45, 2.75) is 129 Å². The number of carbonyl (C=O) groups excluding carboxylic acids is 2. The van der Waals surface area contributed by atoms with Crippen molar-refractivity contribution < 1.29 is 23.8 Å². The molecule has 0 spiro atoms. The van der Waals surface area contributed by atoms with E-state index in [1.165, 1.54) is 0 Å². The van der Waals surface area contributed by atoms with Gasteiger partial charge in [-0.25, -0.2) is 0 Å². The van der Waals surface area contributed by atoms with Crippen LogP contribution in [0.2, 0.25) is 0 Å². The van der Waals surface area contributed by atoms with Crippen molar-refractivity contribution in [1.82, 2.24) is 0 Å². The van der Waals surface area contributed by atoms with Gasteiger partial charge in [0.2, 0.25) is 0 Å². The topological polar surface area (TPSA) is 61.8 Å². The number of carbonyl (C=O) groups is 2. The minimum Gasteiger partial charge on any atom is -0.349 e. The Hall–Kier alpha value is -1.30.